The summed E-state index contributed by atoms with van der Waals surface area (Å²) in [6.07, 6.45) is 0. The predicted octanol–water partition coefficient (Wildman–Crippen LogP) is 0.285. The third kappa shape index (κ3) is 2.23. The van der Waals surface area contributed by atoms with Crippen LogP contribution in [0.5, 0.6) is 0 Å². The maximum atomic E-state index is 7.99. The molecule has 10 heavy (non-hydrogen) atoms. The Labute approximate surface area is 59.0 Å². The topological polar surface area (TPSA) is 70.0 Å². The summed E-state index contributed by atoms with van der Waals surface area (Å²) in [6.45, 7) is 2.74. The van der Waals surface area contributed by atoms with Crippen molar-refractivity contribution >= 4 is 0 Å². The highest BCUT2D eigenvalue weighted by molar-refractivity contribution is 4.72. The predicted molar refractivity (Wildman–Crippen MR) is 36.6 cm³/mol. The van der Waals surface area contributed by atoms with Crippen molar-refractivity contribution in [1.82, 2.24) is 5.32 Å². The molecule has 5 nitrogen and oxygen atoms in total. The first-order valence-electron chi connectivity index (χ1n) is 3.25. The smallest absolute Gasteiger partial charge is 0.0621 e. The van der Waals surface area contributed by atoms with Crippen LogP contribution < -0.4 is 5.32 Å². The van der Waals surface area contributed by atoms with Crippen LogP contribution in [0.1, 0.15) is 0 Å². The van der Waals surface area contributed by atoms with Crippen LogP contribution >= 0.6 is 0 Å². The van der Waals surface area contributed by atoms with Crippen LogP contribution in [0.25, 0.3) is 10.4 Å². The van der Waals surface area contributed by atoms with Crippen LogP contribution in [0.4, 0.5) is 0 Å². The molecule has 0 aromatic rings. The normalized spacial score (nSPS) is 25.4. The highest BCUT2D eigenvalue weighted by Crippen LogP contribution is 1.92. The lowest BCUT2D eigenvalue weighted by molar-refractivity contribution is 0.0795. The molecule has 1 heterocycles. The molecule has 0 aromatic carbocycles. The molecule has 0 amide bonds. The SMILES string of the molecule is [N-]=[N+]=NCC1COCCN1. The first-order valence-corrected chi connectivity index (χ1v) is 3.25. The van der Waals surface area contributed by atoms with Crippen molar-refractivity contribution in [2.45, 2.75) is 6.04 Å². The quantitative estimate of drug-likeness (QED) is 0.342. The van der Waals surface area contributed by atoms with Gasteiger partial charge in [-0.15, -0.1) is 0 Å². The second-order valence-corrected chi connectivity index (χ2v) is 2.14. The molecule has 5 heteroatoms. The fourth-order valence-corrected chi connectivity index (χ4v) is 0.872. The summed E-state index contributed by atoms with van der Waals surface area (Å²) in [7, 11) is 0. The minimum atomic E-state index is 0.213. The fourth-order valence-electron chi connectivity index (χ4n) is 0.872. The van der Waals surface area contributed by atoms with E-state index in [0.29, 0.717) is 13.2 Å². The summed E-state index contributed by atoms with van der Waals surface area (Å²) in [5, 5.41) is 6.60. The van der Waals surface area contributed by atoms with Crippen molar-refractivity contribution in [1.29, 1.82) is 0 Å². The van der Waals surface area contributed by atoms with E-state index in [-0.39, 0.29) is 6.04 Å². The molecule has 0 aliphatic carbocycles. The molecule has 0 spiro atoms. The van der Waals surface area contributed by atoms with Gasteiger partial charge in [-0.1, -0.05) is 5.11 Å². The lowest BCUT2D eigenvalue weighted by Crippen LogP contribution is -2.42. The highest BCUT2D eigenvalue weighted by Gasteiger charge is 2.10. The van der Waals surface area contributed by atoms with E-state index in [9.17, 15) is 0 Å². The maximum absolute atomic E-state index is 7.99. The number of nitrogens with one attached hydrogen (secondary N) is 1. The lowest BCUT2D eigenvalue weighted by atomic mass is 10.3. The van der Waals surface area contributed by atoms with Gasteiger partial charge in [-0.05, 0) is 5.53 Å². The number of ether oxygens (including phenoxy) is 1. The Morgan fingerprint density at radius 3 is 3.30 bits per heavy atom. The van der Waals surface area contributed by atoms with Gasteiger partial charge in [0.05, 0.1) is 13.2 Å². The zero-order chi connectivity index (χ0) is 7.23. The van der Waals surface area contributed by atoms with Crippen molar-refractivity contribution < 1.29 is 4.74 Å². The number of nitrogens with zero attached hydrogens (tertiary/aromatic N) is 3. The van der Waals surface area contributed by atoms with Crippen molar-refractivity contribution in [3.63, 3.8) is 0 Å². The van der Waals surface area contributed by atoms with Gasteiger partial charge in [0.2, 0.25) is 0 Å². The van der Waals surface area contributed by atoms with Gasteiger partial charge in [-0.25, -0.2) is 0 Å². The summed E-state index contributed by atoms with van der Waals surface area (Å²) in [6, 6.07) is 0.213. The van der Waals surface area contributed by atoms with Gasteiger partial charge in [-0.2, -0.15) is 0 Å². The molecule has 1 N–H and O–H groups in total. The van der Waals surface area contributed by atoms with E-state index < -0.39 is 0 Å². The third-order valence-electron chi connectivity index (χ3n) is 1.36. The Balaban J connectivity index is 2.19. The summed E-state index contributed by atoms with van der Waals surface area (Å²) < 4.78 is 5.13. The van der Waals surface area contributed by atoms with Gasteiger partial charge in [0, 0.05) is 24.0 Å². The van der Waals surface area contributed by atoms with Crippen LogP contribution in [0.2, 0.25) is 0 Å². The zero-order valence-electron chi connectivity index (χ0n) is 5.66. The van der Waals surface area contributed by atoms with E-state index >= 15 is 0 Å². The van der Waals surface area contributed by atoms with Gasteiger partial charge in [0.25, 0.3) is 0 Å². The number of morpholine rings is 1. The molecule has 0 bridgehead atoms. The molecule has 0 aromatic heterocycles. The molecule has 1 atom stereocenters. The fraction of sp³-hybridized carbons (Fsp3) is 1.00. The lowest BCUT2D eigenvalue weighted by Gasteiger charge is -2.21. The van der Waals surface area contributed by atoms with Crippen molar-refractivity contribution in [2.24, 2.45) is 5.11 Å². The van der Waals surface area contributed by atoms with E-state index in [1.54, 1.807) is 0 Å². The van der Waals surface area contributed by atoms with Gasteiger partial charge in [0.1, 0.15) is 0 Å². The minimum Gasteiger partial charge on any atom is -0.379 e. The number of azide groups is 1. The third-order valence-corrected chi connectivity index (χ3v) is 1.36. The van der Waals surface area contributed by atoms with E-state index in [1.165, 1.54) is 0 Å². The van der Waals surface area contributed by atoms with Crippen LogP contribution in [0.3, 0.4) is 0 Å². The first kappa shape index (κ1) is 7.34. The van der Waals surface area contributed by atoms with Gasteiger partial charge < -0.3 is 10.1 Å². The Hall–Kier alpha value is -0.770. The molecule has 1 unspecified atom stereocenters. The van der Waals surface area contributed by atoms with Crippen molar-refractivity contribution in [3.8, 4) is 0 Å². The molecule has 1 rings (SSSR count). The Morgan fingerprint density at radius 2 is 2.70 bits per heavy atom. The van der Waals surface area contributed by atoms with E-state index in [1.807, 2.05) is 0 Å². The average Bonchev–Trinajstić information content (AvgIpc) is 2.03. The number of hydrogen-bond donors (Lipinski definition) is 1. The van der Waals surface area contributed by atoms with Gasteiger partial charge >= 0.3 is 0 Å². The summed E-state index contributed by atoms with van der Waals surface area (Å²) in [5.74, 6) is 0. The van der Waals surface area contributed by atoms with Crippen LogP contribution in [-0.4, -0.2) is 32.3 Å². The highest BCUT2D eigenvalue weighted by atomic mass is 16.5. The monoisotopic (exact) mass is 142 g/mol. The van der Waals surface area contributed by atoms with Gasteiger partial charge in [0.15, 0.2) is 0 Å². The Kier molecular flexibility index (Phi) is 3.02. The van der Waals surface area contributed by atoms with Crippen LogP contribution in [0, 0.1) is 0 Å². The summed E-state index contributed by atoms with van der Waals surface area (Å²) in [5.41, 5.74) is 7.99. The van der Waals surface area contributed by atoms with Crippen molar-refractivity contribution in [2.75, 3.05) is 26.3 Å². The molecular weight excluding hydrogens is 132 g/mol. The molecular formula is C5H10N4O. The van der Waals surface area contributed by atoms with Crippen LogP contribution in [-0.2, 0) is 4.74 Å². The van der Waals surface area contributed by atoms with E-state index in [2.05, 4.69) is 15.3 Å². The maximum Gasteiger partial charge on any atom is 0.0621 e. The minimum absolute atomic E-state index is 0.213. The standard InChI is InChI=1S/C5H10N4O/c6-9-8-3-5-4-10-2-1-7-5/h5,7H,1-4H2. The second kappa shape index (κ2) is 4.11. The average molecular weight is 142 g/mol. The first-order chi connectivity index (χ1) is 4.93. The molecule has 0 saturated carbocycles. The van der Waals surface area contributed by atoms with Gasteiger partial charge in [-0.3, -0.25) is 0 Å². The second-order valence-electron chi connectivity index (χ2n) is 2.14. The molecule has 1 aliphatic heterocycles. The molecule has 56 valence electrons. The summed E-state index contributed by atoms with van der Waals surface area (Å²) >= 11 is 0. The number of hydrogen-bond acceptors (Lipinski definition) is 3. The number of rotatable bonds is 2. The molecule has 1 saturated heterocycles. The zero-order valence-corrected chi connectivity index (χ0v) is 5.66. The largest absolute Gasteiger partial charge is 0.379 e. The Morgan fingerprint density at radius 1 is 1.80 bits per heavy atom. The Bertz CT molecular complexity index is 137. The van der Waals surface area contributed by atoms with E-state index in [0.717, 1.165) is 13.2 Å². The summed E-state index contributed by atoms with van der Waals surface area (Å²) in [4.78, 5) is 2.66. The molecule has 0 radical (unpaired) electrons. The molecule has 1 fully saturated rings. The molecule has 1 aliphatic rings. The van der Waals surface area contributed by atoms with Crippen molar-refractivity contribution in [3.05, 3.63) is 10.4 Å². The van der Waals surface area contributed by atoms with E-state index in [4.69, 9.17) is 10.3 Å². The van der Waals surface area contributed by atoms with Crippen LogP contribution in [0.15, 0.2) is 5.11 Å².